The number of carboxylic acids is 1. The molecule has 0 bridgehead atoms. The lowest BCUT2D eigenvalue weighted by Crippen LogP contribution is -2.60. The van der Waals surface area contributed by atoms with E-state index in [1.54, 1.807) is 70.8 Å². The number of aliphatic hydroxyl groups is 4. The van der Waals surface area contributed by atoms with Gasteiger partial charge in [0.2, 0.25) is 29.9 Å². The lowest BCUT2D eigenvalue weighted by Gasteiger charge is -2.41. The number of nitrogens with zero attached hydrogens (tertiary/aromatic N) is 3. The van der Waals surface area contributed by atoms with E-state index in [2.05, 4.69) is 16.0 Å². The predicted octanol–water partition coefficient (Wildman–Crippen LogP) is 2.39. The maximum atomic E-state index is 14.8. The number of carbonyl (C=O) groups is 7. The lowest BCUT2D eigenvalue weighted by atomic mass is 9.89. The van der Waals surface area contributed by atoms with E-state index < -0.39 is 155 Å². The van der Waals surface area contributed by atoms with Crippen molar-refractivity contribution < 1.29 is 99.6 Å². The van der Waals surface area contributed by atoms with Crippen LogP contribution in [0.4, 0.5) is 4.79 Å². The van der Waals surface area contributed by atoms with Crippen LogP contribution in [0.3, 0.4) is 0 Å². The summed E-state index contributed by atoms with van der Waals surface area (Å²) in [7, 11) is 2.16. The molecule has 14 atom stereocenters. The maximum absolute atomic E-state index is 14.8. The number of carboxylic acid groups (broad SMARTS) is 1. The monoisotopic (exact) mass is 1270 g/mol. The number of likely N-dealkylation sites (N-methyl/N-ethyl adjacent to an activating group) is 2. The molecule has 3 aromatic rings. The van der Waals surface area contributed by atoms with E-state index >= 15 is 0 Å². The van der Waals surface area contributed by atoms with Crippen molar-refractivity contribution in [2.75, 3.05) is 48.5 Å². The van der Waals surface area contributed by atoms with Gasteiger partial charge >= 0.3 is 22.5 Å². The van der Waals surface area contributed by atoms with Gasteiger partial charge in [0.1, 0.15) is 54.9 Å². The lowest BCUT2D eigenvalue weighted by molar-refractivity contribution is -0.277. The van der Waals surface area contributed by atoms with Crippen LogP contribution in [0.1, 0.15) is 95.6 Å². The molecule has 0 saturated carbocycles. The van der Waals surface area contributed by atoms with Crippen molar-refractivity contribution in [3.05, 3.63) is 89.5 Å². The fourth-order valence-corrected chi connectivity index (χ4v) is 11.8. The summed E-state index contributed by atoms with van der Waals surface area (Å²) in [5.74, 6) is -7.14. The van der Waals surface area contributed by atoms with Gasteiger partial charge in [0.15, 0.2) is 11.5 Å². The largest absolute Gasteiger partial charge is 0.501 e. The molecule has 0 aliphatic carbocycles. The molecule has 4 unspecified atom stereocenters. The number of carbonyl (C=O) groups excluding carboxylic acids is 6. The van der Waals surface area contributed by atoms with E-state index in [0.29, 0.717) is 31.4 Å². The number of nitrogens with one attached hydrogen (secondary N) is 3. The van der Waals surface area contributed by atoms with Crippen molar-refractivity contribution in [1.29, 1.82) is 0 Å². The number of amides is 6. The van der Waals surface area contributed by atoms with Gasteiger partial charge in [0.05, 0.1) is 43.2 Å². The Morgan fingerprint density at radius 1 is 0.787 bits per heavy atom. The van der Waals surface area contributed by atoms with Crippen molar-refractivity contribution in [3.63, 3.8) is 0 Å². The van der Waals surface area contributed by atoms with Crippen LogP contribution in [-0.2, 0) is 66.3 Å². The predicted molar refractivity (Wildman–Crippen MR) is 320 cm³/mol. The molecule has 8 N–H and O–H groups in total. The van der Waals surface area contributed by atoms with Crippen molar-refractivity contribution in [2.45, 2.75) is 160 Å². The standard InChI is InChI=1S/C61H88N6O21S/c1-13-35(6)50(45(82-11)30-47(69)67-27-17-20-42(67)54(83-12)36(7)55(73)63-41(59(77)78)28-37-18-15-14-16-19-37)65(9)58(76)48(33(2)3)64-57(75)49(34(4)5)66(10)61(79)84-32-38-21-24-40(25-22-38)87-89(80,81)88-44-29-39(56(74)62-8)23-26-43(44)85-60-53(72)52(71)51(70)46(31-68)86-60/h14-16,18-19,21-26,29,33-36,41-42,45-46,48-54,60,68,70-72H,13,17,20,27-28,30-32H2,1-12H3,(H,62,74)(H,63,73)(H,64,75)(H,77,78)/t35?,36-,41?,42+,45-,46-,48?,49+,50+,51+,52+,53-,54-,60?/m1/s1. The van der Waals surface area contributed by atoms with Gasteiger partial charge in [-0.15, -0.1) is 8.42 Å². The first-order chi connectivity index (χ1) is 42.0. The summed E-state index contributed by atoms with van der Waals surface area (Å²) >= 11 is 0. The fraction of sp³-hybridized carbons (Fsp3) is 0.590. The first-order valence-electron chi connectivity index (χ1n) is 29.5. The first kappa shape index (κ1) is 72.6. The number of aliphatic carboxylic acids is 1. The number of hydrogen-bond acceptors (Lipinski definition) is 20. The highest BCUT2D eigenvalue weighted by atomic mass is 32.3. The van der Waals surface area contributed by atoms with Gasteiger partial charge in [0, 0.05) is 53.9 Å². The molecule has 27 nitrogen and oxygen atoms in total. The van der Waals surface area contributed by atoms with Crippen molar-refractivity contribution in [3.8, 4) is 17.2 Å². The third-order valence-corrected chi connectivity index (χ3v) is 17.0. The highest BCUT2D eigenvalue weighted by molar-refractivity contribution is 7.82. The summed E-state index contributed by atoms with van der Waals surface area (Å²) in [6, 6.07) is 12.8. The quantitative estimate of drug-likeness (QED) is 0.0458. The number of ether oxygens (including phenoxy) is 5. The number of hydrogen-bond donors (Lipinski definition) is 8. The molecular formula is C61H88N6O21S. The van der Waals surface area contributed by atoms with Crippen molar-refractivity contribution in [2.24, 2.45) is 23.7 Å². The highest BCUT2D eigenvalue weighted by Crippen LogP contribution is 2.35. The van der Waals surface area contributed by atoms with Crippen LogP contribution in [0.2, 0.25) is 0 Å². The Balaban J connectivity index is 1.22. The van der Waals surface area contributed by atoms with Gasteiger partial charge in [-0.1, -0.05) is 97.4 Å². The zero-order valence-electron chi connectivity index (χ0n) is 52.3. The van der Waals surface area contributed by atoms with Crippen LogP contribution < -0.4 is 29.1 Å². The molecule has 89 heavy (non-hydrogen) atoms. The van der Waals surface area contributed by atoms with E-state index in [9.17, 15) is 67.5 Å². The zero-order chi connectivity index (χ0) is 66.2. The number of aliphatic hydroxyl groups excluding tert-OH is 4. The minimum Gasteiger partial charge on any atom is -0.480 e. The third-order valence-electron chi connectivity index (χ3n) is 16.2. The smallest absolute Gasteiger partial charge is 0.480 e. The van der Waals surface area contributed by atoms with E-state index in [1.807, 2.05) is 19.9 Å². The van der Waals surface area contributed by atoms with Gasteiger partial charge in [-0.25, -0.2) is 9.59 Å². The van der Waals surface area contributed by atoms with Gasteiger partial charge < -0.3 is 83.3 Å². The molecule has 494 valence electrons. The summed E-state index contributed by atoms with van der Waals surface area (Å²) in [5.41, 5.74) is 1.01. The zero-order valence-corrected chi connectivity index (χ0v) is 53.2. The van der Waals surface area contributed by atoms with Crippen LogP contribution >= 0.6 is 0 Å². The summed E-state index contributed by atoms with van der Waals surface area (Å²) in [6.07, 6.45) is -9.44. The molecule has 3 aromatic carbocycles. The summed E-state index contributed by atoms with van der Waals surface area (Å²) in [5, 5.41) is 58.5. The number of benzene rings is 3. The Hall–Kier alpha value is -7.18. The average Bonchev–Trinajstić information content (AvgIpc) is 1.90. The fourth-order valence-electron chi connectivity index (χ4n) is 11.0. The first-order valence-corrected chi connectivity index (χ1v) is 30.8. The van der Waals surface area contributed by atoms with E-state index in [0.717, 1.165) is 22.6 Å². The molecule has 0 aromatic heterocycles. The van der Waals surface area contributed by atoms with Crippen molar-refractivity contribution in [1.82, 2.24) is 30.7 Å². The van der Waals surface area contributed by atoms with E-state index in [-0.39, 0.29) is 42.6 Å². The van der Waals surface area contributed by atoms with Crippen LogP contribution in [0.25, 0.3) is 0 Å². The Morgan fingerprint density at radius 3 is 2.02 bits per heavy atom. The molecule has 2 heterocycles. The van der Waals surface area contributed by atoms with Gasteiger partial charge in [-0.05, 0) is 72.1 Å². The molecule has 2 aliphatic heterocycles. The second-order valence-corrected chi connectivity index (χ2v) is 24.2. The van der Waals surface area contributed by atoms with Crippen LogP contribution in [0.15, 0.2) is 72.8 Å². The summed E-state index contributed by atoms with van der Waals surface area (Å²) < 4.78 is 65.5. The molecule has 2 saturated heterocycles. The Labute approximate surface area is 519 Å². The SMILES string of the molecule is CCC(C)[C@@H]([C@@H](CC(=O)N1CCC[C@H]1[C@H](OC)[C@@H](C)C(=O)NC(Cc1ccccc1)C(=O)O)OC)N(C)C(=O)C(NC(=O)[C@H](C(C)C)N(C)C(=O)OCc1ccc(OS(=O)(=O)Oc2cc(C(=O)NC)ccc2OC2O[C@H](CO)[C@H](O)[C@H](O)[C@H]2O)cc1)C(C)C. The molecular weight excluding hydrogens is 1180 g/mol. The molecule has 2 aliphatic rings. The van der Waals surface area contributed by atoms with Crippen LogP contribution in [0, 0.1) is 23.7 Å². The third kappa shape index (κ3) is 18.9. The molecule has 0 spiro atoms. The summed E-state index contributed by atoms with van der Waals surface area (Å²) in [4.78, 5) is 99.9. The van der Waals surface area contributed by atoms with E-state index in [4.69, 9.17) is 32.1 Å². The van der Waals surface area contributed by atoms with Gasteiger partial charge in [-0.3, -0.25) is 28.9 Å². The Morgan fingerprint density at radius 2 is 1.45 bits per heavy atom. The molecule has 28 heteroatoms. The minimum absolute atomic E-state index is 0.0684. The molecule has 2 fully saturated rings. The molecule has 5 rings (SSSR count). The number of likely N-dealkylation sites (tertiary alicyclic amines) is 1. The second-order valence-electron chi connectivity index (χ2n) is 23.0. The highest BCUT2D eigenvalue weighted by Gasteiger charge is 2.47. The topological polar surface area (TPSA) is 365 Å². The number of rotatable bonds is 31. The normalized spacial score (nSPS) is 21.2. The van der Waals surface area contributed by atoms with E-state index in [1.165, 1.54) is 63.5 Å². The summed E-state index contributed by atoms with van der Waals surface area (Å²) in [6.45, 7) is 11.7. The molecule has 6 amide bonds. The Kier molecular flexibility index (Phi) is 26.9. The van der Waals surface area contributed by atoms with Crippen molar-refractivity contribution >= 4 is 52.0 Å². The Bertz CT molecular complexity index is 2970. The average molecular weight is 1270 g/mol. The van der Waals surface area contributed by atoms with Crippen LogP contribution in [0.5, 0.6) is 17.2 Å². The molecule has 0 radical (unpaired) electrons. The second kappa shape index (κ2) is 33.1. The maximum Gasteiger partial charge on any atom is 0.501 e. The number of methoxy groups -OCH3 is 2. The van der Waals surface area contributed by atoms with Gasteiger partial charge in [-0.2, -0.15) is 0 Å². The van der Waals surface area contributed by atoms with Crippen LogP contribution in [-0.4, -0.2) is 212 Å². The minimum atomic E-state index is -5.03. The van der Waals surface area contributed by atoms with Gasteiger partial charge in [0.25, 0.3) is 5.91 Å².